The first-order valence-corrected chi connectivity index (χ1v) is 5.58. The van der Waals surface area contributed by atoms with Gasteiger partial charge in [-0.1, -0.05) is 26.0 Å². The molecule has 16 heavy (non-hydrogen) atoms. The summed E-state index contributed by atoms with van der Waals surface area (Å²) in [5, 5.41) is 0. The molecule has 0 atom stereocenters. The fourth-order valence-electron chi connectivity index (χ4n) is 1.45. The van der Waals surface area contributed by atoms with Crippen molar-refractivity contribution in [2.24, 2.45) is 5.92 Å². The smallest absolute Gasteiger partial charge is 0.154 e. The highest BCUT2D eigenvalue weighted by Crippen LogP contribution is 2.18. The lowest BCUT2D eigenvalue weighted by atomic mass is 10.1. The number of rotatable bonds is 5. The van der Waals surface area contributed by atoms with Gasteiger partial charge >= 0.3 is 0 Å². The van der Waals surface area contributed by atoms with Crippen molar-refractivity contribution in [3.05, 3.63) is 30.1 Å². The first-order chi connectivity index (χ1) is 7.56. The van der Waals surface area contributed by atoms with Gasteiger partial charge in [0.05, 0.1) is 12.2 Å². The third kappa shape index (κ3) is 3.05. The summed E-state index contributed by atoms with van der Waals surface area (Å²) in [5.41, 5.74) is 0.499. The summed E-state index contributed by atoms with van der Waals surface area (Å²) >= 11 is 0. The van der Waals surface area contributed by atoms with Crippen LogP contribution in [0, 0.1) is 11.7 Å². The summed E-state index contributed by atoms with van der Waals surface area (Å²) in [7, 11) is 0. The van der Waals surface area contributed by atoms with Crippen LogP contribution in [0.5, 0.6) is 0 Å². The second kappa shape index (κ2) is 5.64. The van der Waals surface area contributed by atoms with Crippen LogP contribution in [0.2, 0.25) is 0 Å². The van der Waals surface area contributed by atoms with Crippen LogP contribution in [0.3, 0.4) is 0 Å². The average Bonchev–Trinajstić information content (AvgIpc) is 2.26. The number of ketones is 1. The summed E-state index contributed by atoms with van der Waals surface area (Å²) in [6.07, 6.45) is 0. The van der Waals surface area contributed by atoms with Gasteiger partial charge in [0, 0.05) is 12.5 Å². The van der Waals surface area contributed by atoms with E-state index in [1.807, 2.05) is 20.8 Å². The number of benzene rings is 1. The van der Waals surface area contributed by atoms with E-state index in [9.17, 15) is 9.18 Å². The number of carbonyl (C=O) groups is 1. The van der Waals surface area contributed by atoms with Gasteiger partial charge in [-0.3, -0.25) is 4.79 Å². The molecule has 0 aliphatic carbocycles. The van der Waals surface area contributed by atoms with Crippen LogP contribution in [0.15, 0.2) is 24.3 Å². The summed E-state index contributed by atoms with van der Waals surface area (Å²) < 4.78 is 13.5. The van der Waals surface area contributed by atoms with Crippen LogP contribution in [-0.2, 0) is 4.79 Å². The molecule has 2 nitrogen and oxygen atoms in total. The second-order valence-electron chi connectivity index (χ2n) is 4.09. The molecular formula is C13H18FNO. The fourth-order valence-corrected chi connectivity index (χ4v) is 1.45. The number of para-hydroxylation sites is 1. The van der Waals surface area contributed by atoms with E-state index in [-0.39, 0.29) is 24.1 Å². The molecule has 1 aromatic rings. The van der Waals surface area contributed by atoms with Crippen LogP contribution < -0.4 is 4.90 Å². The van der Waals surface area contributed by atoms with Crippen LogP contribution in [0.4, 0.5) is 10.1 Å². The van der Waals surface area contributed by atoms with Crippen molar-refractivity contribution in [2.45, 2.75) is 20.8 Å². The molecule has 0 N–H and O–H groups in total. The molecular weight excluding hydrogens is 205 g/mol. The number of carbonyl (C=O) groups excluding carboxylic acids is 1. The summed E-state index contributed by atoms with van der Waals surface area (Å²) in [5.74, 6) is -0.160. The van der Waals surface area contributed by atoms with Crippen LogP contribution in [-0.4, -0.2) is 18.9 Å². The van der Waals surface area contributed by atoms with Gasteiger partial charge < -0.3 is 4.90 Å². The zero-order chi connectivity index (χ0) is 12.1. The van der Waals surface area contributed by atoms with E-state index in [2.05, 4.69) is 0 Å². The molecule has 0 aliphatic rings. The third-order valence-electron chi connectivity index (χ3n) is 2.57. The lowest BCUT2D eigenvalue weighted by Gasteiger charge is -2.23. The Kier molecular flexibility index (Phi) is 4.47. The largest absolute Gasteiger partial charge is 0.362 e. The summed E-state index contributed by atoms with van der Waals surface area (Å²) in [4.78, 5) is 13.4. The van der Waals surface area contributed by atoms with Crippen LogP contribution in [0.25, 0.3) is 0 Å². The number of hydrogen-bond acceptors (Lipinski definition) is 2. The van der Waals surface area contributed by atoms with Crippen molar-refractivity contribution in [1.82, 2.24) is 0 Å². The molecule has 0 heterocycles. The Labute approximate surface area is 96.1 Å². The van der Waals surface area contributed by atoms with Gasteiger partial charge in [-0.05, 0) is 19.1 Å². The minimum atomic E-state index is -0.277. The van der Waals surface area contributed by atoms with Gasteiger partial charge in [0.1, 0.15) is 5.82 Å². The maximum atomic E-state index is 13.5. The standard InChI is InChI=1S/C13H18FNO/c1-4-15(9-13(16)10(2)3)12-8-6-5-7-11(12)14/h5-8,10H,4,9H2,1-3H3. The third-order valence-corrected chi connectivity index (χ3v) is 2.57. The van der Waals surface area contributed by atoms with E-state index in [0.717, 1.165) is 0 Å². The number of halogens is 1. The Hall–Kier alpha value is -1.38. The molecule has 0 saturated heterocycles. The summed E-state index contributed by atoms with van der Waals surface area (Å²) in [6.45, 7) is 6.53. The molecule has 0 aliphatic heterocycles. The molecule has 0 unspecified atom stereocenters. The average molecular weight is 223 g/mol. The fraction of sp³-hybridized carbons (Fsp3) is 0.462. The Morgan fingerprint density at radius 1 is 1.38 bits per heavy atom. The Balaban J connectivity index is 2.83. The highest BCUT2D eigenvalue weighted by atomic mass is 19.1. The van der Waals surface area contributed by atoms with E-state index < -0.39 is 0 Å². The molecule has 0 amide bonds. The molecule has 0 spiro atoms. The van der Waals surface area contributed by atoms with Crippen molar-refractivity contribution in [2.75, 3.05) is 18.0 Å². The van der Waals surface area contributed by atoms with E-state index in [0.29, 0.717) is 12.2 Å². The molecule has 0 fully saturated rings. The zero-order valence-electron chi connectivity index (χ0n) is 10.0. The van der Waals surface area contributed by atoms with Gasteiger partial charge in [-0.15, -0.1) is 0 Å². The number of Topliss-reactive ketones (excluding diaryl/α,β-unsaturated/α-hetero) is 1. The maximum absolute atomic E-state index is 13.5. The molecule has 88 valence electrons. The number of nitrogens with zero attached hydrogens (tertiary/aromatic N) is 1. The van der Waals surface area contributed by atoms with Gasteiger partial charge in [-0.25, -0.2) is 4.39 Å². The van der Waals surface area contributed by atoms with E-state index in [1.165, 1.54) is 6.07 Å². The van der Waals surface area contributed by atoms with Crippen molar-refractivity contribution >= 4 is 11.5 Å². The van der Waals surface area contributed by atoms with Crippen LogP contribution in [0.1, 0.15) is 20.8 Å². The van der Waals surface area contributed by atoms with Gasteiger partial charge in [0.2, 0.25) is 0 Å². The quantitative estimate of drug-likeness (QED) is 0.765. The van der Waals surface area contributed by atoms with Gasteiger partial charge in [0.15, 0.2) is 5.78 Å². The molecule has 0 saturated carbocycles. The zero-order valence-corrected chi connectivity index (χ0v) is 10.0. The SMILES string of the molecule is CCN(CC(=O)C(C)C)c1ccccc1F. The van der Waals surface area contributed by atoms with Crippen molar-refractivity contribution < 1.29 is 9.18 Å². The molecule has 3 heteroatoms. The predicted molar refractivity (Wildman–Crippen MR) is 64.1 cm³/mol. The Bertz CT molecular complexity index is 363. The van der Waals surface area contributed by atoms with Crippen molar-refractivity contribution in [3.8, 4) is 0 Å². The lowest BCUT2D eigenvalue weighted by Crippen LogP contribution is -2.32. The van der Waals surface area contributed by atoms with Gasteiger partial charge in [-0.2, -0.15) is 0 Å². The molecule has 0 aromatic heterocycles. The van der Waals surface area contributed by atoms with Gasteiger partial charge in [0.25, 0.3) is 0 Å². The van der Waals surface area contributed by atoms with Crippen molar-refractivity contribution in [3.63, 3.8) is 0 Å². The Morgan fingerprint density at radius 3 is 2.50 bits per heavy atom. The number of hydrogen-bond donors (Lipinski definition) is 0. The number of likely N-dealkylation sites (N-methyl/N-ethyl adjacent to an activating group) is 1. The first-order valence-electron chi connectivity index (χ1n) is 5.58. The van der Waals surface area contributed by atoms with Crippen LogP contribution >= 0.6 is 0 Å². The number of anilines is 1. The molecule has 0 bridgehead atoms. The predicted octanol–water partition coefficient (Wildman–Crippen LogP) is 2.88. The first kappa shape index (κ1) is 12.7. The molecule has 1 rings (SSSR count). The van der Waals surface area contributed by atoms with E-state index >= 15 is 0 Å². The monoisotopic (exact) mass is 223 g/mol. The summed E-state index contributed by atoms with van der Waals surface area (Å²) in [6, 6.07) is 6.54. The normalized spacial score (nSPS) is 10.6. The van der Waals surface area contributed by atoms with E-state index in [1.54, 1.807) is 23.1 Å². The minimum absolute atomic E-state index is 0.0131. The highest BCUT2D eigenvalue weighted by molar-refractivity contribution is 5.85. The highest BCUT2D eigenvalue weighted by Gasteiger charge is 2.15. The van der Waals surface area contributed by atoms with E-state index in [4.69, 9.17) is 0 Å². The maximum Gasteiger partial charge on any atom is 0.154 e. The lowest BCUT2D eigenvalue weighted by molar-refractivity contribution is -0.120. The minimum Gasteiger partial charge on any atom is -0.362 e. The molecule has 1 aromatic carbocycles. The van der Waals surface area contributed by atoms with Crippen molar-refractivity contribution in [1.29, 1.82) is 0 Å². The topological polar surface area (TPSA) is 20.3 Å². The Morgan fingerprint density at radius 2 is 2.00 bits per heavy atom. The molecule has 0 radical (unpaired) electrons. The second-order valence-corrected chi connectivity index (χ2v) is 4.09.